The van der Waals surface area contributed by atoms with Crippen LogP contribution in [0.1, 0.15) is 19.4 Å². The molecule has 90 valence electrons. The molecule has 0 aliphatic rings. The van der Waals surface area contributed by atoms with Crippen molar-refractivity contribution in [3.8, 4) is 0 Å². The molecule has 0 unspecified atom stereocenters. The molecular formula is C12H20N2O2. The van der Waals surface area contributed by atoms with Gasteiger partial charge in [-0.15, -0.1) is 0 Å². The van der Waals surface area contributed by atoms with Crippen molar-refractivity contribution >= 4 is 5.82 Å². The highest BCUT2D eigenvalue weighted by atomic mass is 16.5. The fourth-order valence-corrected chi connectivity index (χ4v) is 1.31. The molecule has 4 nitrogen and oxygen atoms in total. The predicted octanol–water partition coefficient (Wildman–Crippen LogP) is 1.44. The molecule has 0 saturated heterocycles. The van der Waals surface area contributed by atoms with E-state index in [0.717, 1.165) is 17.9 Å². The summed E-state index contributed by atoms with van der Waals surface area (Å²) in [5.41, 5.74) is 0.877. The minimum atomic E-state index is 0.0475. The van der Waals surface area contributed by atoms with E-state index in [4.69, 9.17) is 9.84 Å². The number of aliphatic hydroxyl groups is 1. The molecule has 1 aromatic heterocycles. The van der Waals surface area contributed by atoms with E-state index in [1.807, 2.05) is 37.9 Å². The van der Waals surface area contributed by atoms with Crippen molar-refractivity contribution in [3.05, 3.63) is 23.9 Å². The van der Waals surface area contributed by atoms with Crippen molar-refractivity contribution in [1.29, 1.82) is 0 Å². The average Bonchev–Trinajstić information content (AvgIpc) is 2.28. The fourth-order valence-electron chi connectivity index (χ4n) is 1.31. The molecule has 16 heavy (non-hydrogen) atoms. The van der Waals surface area contributed by atoms with Crippen LogP contribution in [0.5, 0.6) is 0 Å². The van der Waals surface area contributed by atoms with Gasteiger partial charge in [0.05, 0.1) is 19.3 Å². The van der Waals surface area contributed by atoms with Crippen LogP contribution in [0.15, 0.2) is 18.3 Å². The van der Waals surface area contributed by atoms with Gasteiger partial charge in [0.1, 0.15) is 5.82 Å². The number of likely N-dealkylation sites (N-methyl/N-ethyl adjacent to an activating group) is 1. The second-order valence-corrected chi connectivity index (χ2v) is 4.02. The molecule has 0 aromatic carbocycles. The Kier molecular flexibility index (Phi) is 5.22. The largest absolute Gasteiger partial charge is 0.392 e. The summed E-state index contributed by atoms with van der Waals surface area (Å²) >= 11 is 0. The molecule has 0 spiro atoms. The summed E-state index contributed by atoms with van der Waals surface area (Å²) in [7, 11) is 1.97. The second-order valence-electron chi connectivity index (χ2n) is 4.02. The van der Waals surface area contributed by atoms with Gasteiger partial charge in [0, 0.05) is 19.8 Å². The molecule has 0 fully saturated rings. The molecule has 0 amide bonds. The summed E-state index contributed by atoms with van der Waals surface area (Å²) in [6.45, 7) is 5.56. The number of nitrogens with zero attached hydrogens (tertiary/aromatic N) is 2. The van der Waals surface area contributed by atoms with E-state index in [1.54, 1.807) is 6.20 Å². The SMILES string of the molecule is CC(C)OCCN(C)c1cc(CO)ccn1. The fraction of sp³-hybridized carbons (Fsp3) is 0.583. The van der Waals surface area contributed by atoms with Crippen molar-refractivity contribution in [2.24, 2.45) is 0 Å². The topological polar surface area (TPSA) is 45.6 Å². The van der Waals surface area contributed by atoms with Gasteiger partial charge in [-0.3, -0.25) is 0 Å². The molecular weight excluding hydrogens is 204 g/mol. The highest BCUT2D eigenvalue weighted by Crippen LogP contribution is 2.10. The molecule has 0 saturated carbocycles. The Labute approximate surface area is 96.9 Å². The minimum Gasteiger partial charge on any atom is -0.392 e. The zero-order valence-electron chi connectivity index (χ0n) is 10.2. The van der Waals surface area contributed by atoms with Crippen LogP contribution in [0.25, 0.3) is 0 Å². The number of ether oxygens (including phenoxy) is 1. The number of anilines is 1. The van der Waals surface area contributed by atoms with Crippen molar-refractivity contribution in [2.75, 3.05) is 25.1 Å². The van der Waals surface area contributed by atoms with Gasteiger partial charge in [-0.2, -0.15) is 0 Å². The second kappa shape index (κ2) is 6.45. The molecule has 1 rings (SSSR count). The summed E-state index contributed by atoms with van der Waals surface area (Å²) in [5.74, 6) is 0.860. The molecule has 0 aliphatic carbocycles. The summed E-state index contributed by atoms with van der Waals surface area (Å²) in [5, 5.41) is 9.02. The third-order valence-corrected chi connectivity index (χ3v) is 2.26. The normalized spacial score (nSPS) is 10.8. The Morgan fingerprint density at radius 1 is 1.50 bits per heavy atom. The van der Waals surface area contributed by atoms with Gasteiger partial charge >= 0.3 is 0 Å². The smallest absolute Gasteiger partial charge is 0.128 e. The average molecular weight is 224 g/mol. The Hall–Kier alpha value is -1.13. The molecule has 1 aromatic rings. The lowest BCUT2D eigenvalue weighted by atomic mass is 10.3. The Morgan fingerprint density at radius 3 is 2.88 bits per heavy atom. The van der Waals surface area contributed by atoms with Gasteiger partial charge in [0.25, 0.3) is 0 Å². The molecule has 0 bridgehead atoms. The van der Waals surface area contributed by atoms with Crippen molar-refractivity contribution < 1.29 is 9.84 Å². The van der Waals surface area contributed by atoms with Crippen LogP contribution in [-0.2, 0) is 11.3 Å². The van der Waals surface area contributed by atoms with Crippen molar-refractivity contribution in [2.45, 2.75) is 26.6 Å². The molecule has 1 N–H and O–H groups in total. The van der Waals surface area contributed by atoms with Gasteiger partial charge in [0.15, 0.2) is 0 Å². The van der Waals surface area contributed by atoms with E-state index in [1.165, 1.54) is 0 Å². The van der Waals surface area contributed by atoms with Crippen LogP contribution < -0.4 is 4.90 Å². The number of hydrogen-bond acceptors (Lipinski definition) is 4. The number of pyridine rings is 1. The maximum absolute atomic E-state index is 9.02. The van der Waals surface area contributed by atoms with E-state index in [-0.39, 0.29) is 12.7 Å². The zero-order chi connectivity index (χ0) is 12.0. The monoisotopic (exact) mass is 224 g/mol. The standard InChI is InChI=1S/C12H20N2O2/c1-10(2)16-7-6-14(3)12-8-11(9-15)4-5-13-12/h4-5,8,10,15H,6-7,9H2,1-3H3. The number of rotatable bonds is 6. The number of aliphatic hydroxyl groups excluding tert-OH is 1. The lowest BCUT2D eigenvalue weighted by Gasteiger charge is -2.19. The van der Waals surface area contributed by atoms with Crippen LogP contribution in [0, 0.1) is 0 Å². The van der Waals surface area contributed by atoms with E-state index in [9.17, 15) is 0 Å². The number of aromatic nitrogens is 1. The maximum atomic E-state index is 9.02. The van der Waals surface area contributed by atoms with Crippen LogP contribution in [0.4, 0.5) is 5.82 Å². The molecule has 0 radical (unpaired) electrons. The maximum Gasteiger partial charge on any atom is 0.128 e. The Bertz CT molecular complexity index is 316. The Morgan fingerprint density at radius 2 is 2.25 bits per heavy atom. The van der Waals surface area contributed by atoms with Crippen molar-refractivity contribution in [3.63, 3.8) is 0 Å². The third kappa shape index (κ3) is 4.16. The van der Waals surface area contributed by atoms with Gasteiger partial charge < -0.3 is 14.7 Å². The lowest BCUT2D eigenvalue weighted by Crippen LogP contribution is -2.24. The van der Waals surface area contributed by atoms with E-state index in [2.05, 4.69) is 4.98 Å². The number of hydrogen-bond donors (Lipinski definition) is 1. The molecule has 4 heteroatoms. The van der Waals surface area contributed by atoms with E-state index >= 15 is 0 Å². The predicted molar refractivity (Wildman–Crippen MR) is 64.5 cm³/mol. The first kappa shape index (κ1) is 12.9. The minimum absolute atomic E-state index is 0.0475. The van der Waals surface area contributed by atoms with E-state index in [0.29, 0.717) is 6.61 Å². The summed E-state index contributed by atoms with van der Waals surface area (Å²) in [6.07, 6.45) is 1.96. The van der Waals surface area contributed by atoms with E-state index < -0.39 is 0 Å². The summed E-state index contributed by atoms with van der Waals surface area (Å²) < 4.78 is 5.47. The Balaban J connectivity index is 2.48. The third-order valence-electron chi connectivity index (χ3n) is 2.26. The van der Waals surface area contributed by atoms with Gasteiger partial charge in [0.2, 0.25) is 0 Å². The molecule has 0 atom stereocenters. The van der Waals surface area contributed by atoms with Crippen LogP contribution >= 0.6 is 0 Å². The first-order valence-electron chi connectivity index (χ1n) is 5.52. The van der Waals surface area contributed by atoms with Crippen LogP contribution in [0.3, 0.4) is 0 Å². The van der Waals surface area contributed by atoms with Gasteiger partial charge in [-0.1, -0.05) is 0 Å². The highest BCUT2D eigenvalue weighted by Gasteiger charge is 2.03. The highest BCUT2D eigenvalue weighted by molar-refractivity contribution is 5.39. The first-order chi connectivity index (χ1) is 7.63. The zero-order valence-corrected chi connectivity index (χ0v) is 10.2. The lowest BCUT2D eigenvalue weighted by molar-refractivity contribution is 0.0845. The summed E-state index contributed by atoms with van der Waals surface area (Å²) in [6, 6.07) is 3.69. The van der Waals surface area contributed by atoms with Gasteiger partial charge in [-0.05, 0) is 31.5 Å². The molecule has 1 heterocycles. The summed E-state index contributed by atoms with van der Waals surface area (Å²) in [4.78, 5) is 6.26. The van der Waals surface area contributed by atoms with Gasteiger partial charge in [-0.25, -0.2) is 4.98 Å². The van der Waals surface area contributed by atoms with Crippen LogP contribution in [-0.4, -0.2) is 36.4 Å². The van der Waals surface area contributed by atoms with Crippen LogP contribution in [0.2, 0.25) is 0 Å². The first-order valence-corrected chi connectivity index (χ1v) is 5.52. The quantitative estimate of drug-likeness (QED) is 0.794. The molecule has 0 aliphatic heterocycles. The van der Waals surface area contributed by atoms with Crippen molar-refractivity contribution in [1.82, 2.24) is 4.98 Å².